The summed E-state index contributed by atoms with van der Waals surface area (Å²) in [6.45, 7) is 4.00. The number of rotatable bonds is 3. The zero-order valence-corrected chi connectivity index (χ0v) is 7.33. The molecule has 0 saturated heterocycles. The first kappa shape index (κ1) is 12.4. The monoisotopic (exact) mass is 167 g/mol. The highest BCUT2D eigenvalue weighted by Crippen LogP contribution is 1.84. The predicted molar refractivity (Wildman–Crippen MR) is 42.4 cm³/mol. The van der Waals surface area contributed by atoms with Gasteiger partial charge in [0.2, 0.25) is 0 Å². The highest BCUT2D eigenvalue weighted by Gasteiger charge is 2.09. The molecule has 62 valence electrons. The van der Waals surface area contributed by atoms with E-state index in [2.05, 4.69) is 5.32 Å². The van der Waals surface area contributed by atoms with E-state index in [1.807, 2.05) is 0 Å². The number of ether oxygens (including phenoxy) is 1. The third-order valence-electron chi connectivity index (χ3n) is 1.07. The normalized spacial score (nSPS) is 11.5. The van der Waals surface area contributed by atoms with E-state index in [0.29, 0.717) is 6.61 Å². The first-order valence-corrected chi connectivity index (χ1v) is 3.06. The van der Waals surface area contributed by atoms with Crippen molar-refractivity contribution in [3.63, 3.8) is 0 Å². The number of likely N-dealkylation sites (N-methyl/N-ethyl adjacent to an activating group) is 1. The van der Waals surface area contributed by atoms with Gasteiger partial charge < -0.3 is 10.1 Å². The summed E-state index contributed by atoms with van der Waals surface area (Å²) < 4.78 is 4.69. The number of hydrogen-bond donors (Lipinski definition) is 1. The minimum Gasteiger partial charge on any atom is -0.465 e. The summed E-state index contributed by atoms with van der Waals surface area (Å²) in [4.78, 5) is 10.7. The van der Waals surface area contributed by atoms with E-state index in [-0.39, 0.29) is 24.4 Å². The molecule has 0 rings (SSSR count). The van der Waals surface area contributed by atoms with Crippen LogP contribution in [0.25, 0.3) is 0 Å². The van der Waals surface area contributed by atoms with Crippen LogP contribution in [0.2, 0.25) is 0 Å². The Morgan fingerprint density at radius 2 is 2.20 bits per heavy atom. The molecule has 0 aromatic heterocycles. The van der Waals surface area contributed by atoms with Crippen LogP contribution in [0.4, 0.5) is 0 Å². The topological polar surface area (TPSA) is 38.3 Å². The fraction of sp³-hybridized carbons (Fsp3) is 0.833. The molecule has 0 aliphatic carbocycles. The minimum atomic E-state index is -0.194. The average molecular weight is 168 g/mol. The van der Waals surface area contributed by atoms with Gasteiger partial charge in [-0.05, 0) is 20.9 Å². The van der Waals surface area contributed by atoms with E-state index in [1.54, 1.807) is 20.9 Å². The molecule has 1 N–H and O–H groups in total. The van der Waals surface area contributed by atoms with Crippen LogP contribution in [0.3, 0.4) is 0 Å². The Bertz CT molecular complexity index is 97.7. The molecule has 0 aliphatic heterocycles. The van der Waals surface area contributed by atoms with Gasteiger partial charge in [-0.25, -0.2) is 0 Å². The Kier molecular flexibility index (Phi) is 8.48. The van der Waals surface area contributed by atoms with E-state index < -0.39 is 0 Å². The average Bonchev–Trinajstić information content (AvgIpc) is 1.87. The van der Waals surface area contributed by atoms with E-state index in [4.69, 9.17) is 4.74 Å². The second-order valence-corrected chi connectivity index (χ2v) is 1.76. The molecule has 0 aliphatic rings. The van der Waals surface area contributed by atoms with Crippen LogP contribution in [0.5, 0.6) is 0 Å². The number of esters is 1. The van der Waals surface area contributed by atoms with E-state index in [1.165, 1.54) is 0 Å². The highest BCUT2D eigenvalue weighted by molar-refractivity contribution is 5.85. The molecule has 1 unspecified atom stereocenters. The molecular formula is C6H14ClNO2. The molecule has 1 atom stereocenters. The van der Waals surface area contributed by atoms with Crippen molar-refractivity contribution in [1.82, 2.24) is 5.32 Å². The predicted octanol–water partition coefficient (Wildman–Crippen LogP) is 0.579. The number of carbonyl (C=O) groups is 1. The summed E-state index contributed by atoms with van der Waals surface area (Å²) in [5.41, 5.74) is 0. The Morgan fingerprint density at radius 1 is 1.70 bits per heavy atom. The fourth-order valence-electron chi connectivity index (χ4n) is 0.385. The molecule has 10 heavy (non-hydrogen) atoms. The number of hydrogen-bond acceptors (Lipinski definition) is 3. The third-order valence-corrected chi connectivity index (χ3v) is 1.07. The molecule has 0 heterocycles. The van der Waals surface area contributed by atoms with Crippen LogP contribution in [-0.4, -0.2) is 25.7 Å². The lowest BCUT2D eigenvalue weighted by atomic mass is 10.3. The zero-order chi connectivity index (χ0) is 7.28. The van der Waals surface area contributed by atoms with E-state index in [9.17, 15) is 4.79 Å². The van der Waals surface area contributed by atoms with Gasteiger partial charge in [0.1, 0.15) is 6.04 Å². The van der Waals surface area contributed by atoms with Crippen LogP contribution in [-0.2, 0) is 9.53 Å². The quantitative estimate of drug-likeness (QED) is 0.625. The standard InChI is InChI=1S/C6H13NO2.ClH/c1-4-9-6(8)5(2)7-3;/h5,7H,4H2,1-3H3;1H. The Hall–Kier alpha value is -0.280. The van der Waals surface area contributed by atoms with Gasteiger partial charge >= 0.3 is 5.97 Å². The molecule has 0 saturated carbocycles. The fourth-order valence-corrected chi connectivity index (χ4v) is 0.385. The van der Waals surface area contributed by atoms with Crippen molar-refractivity contribution >= 4 is 18.4 Å². The van der Waals surface area contributed by atoms with E-state index in [0.717, 1.165) is 0 Å². The molecule has 0 spiro atoms. The maximum absolute atomic E-state index is 10.7. The summed E-state index contributed by atoms with van der Waals surface area (Å²) in [7, 11) is 1.72. The van der Waals surface area contributed by atoms with Crippen molar-refractivity contribution in [2.24, 2.45) is 0 Å². The molecule has 0 aromatic carbocycles. The van der Waals surface area contributed by atoms with Crippen LogP contribution < -0.4 is 5.32 Å². The first-order chi connectivity index (χ1) is 4.22. The summed E-state index contributed by atoms with van der Waals surface area (Å²) >= 11 is 0. The van der Waals surface area contributed by atoms with Crippen molar-refractivity contribution in [2.45, 2.75) is 19.9 Å². The zero-order valence-electron chi connectivity index (χ0n) is 6.51. The van der Waals surface area contributed by atoms with Crippen LogP contribution >= 0.6 is 12.4 Å². The van der Waals surface area contributed by atoms with Crippen molar-refractivity contribution in [3.8, 4) is 0 Å². The van der Waals surface area contributed by atoms with Gasteiger partial charge in [0, 0.05) is 0 Å². The van der Waals surface area contributed by atoms with Crippen LogP contribution in [0.15, 0.2) is 0 Å². The number of halogens is 1. The molecular weight excluding hydrogens is 154 g/mol. The highest BCUT2D eigenvalue weighted by atomic mass is 35.5. The number of nitrogens with one attached hydrogen (secondary N) is 1. The molecule has 4 heteroatoms. The Balaban J connectivity index is 0. The lowest BCUT2D eigenvalue weighted by molar-refractivity contribution is -0.144. The summed E-state index contributed by atoms with van der Waals surface area (Å²) in [5.74, 6) is -0.194. The molecule has 0 amide bonds. The maximum Gasteiger partial charge on any atom is 0.322 e. The van der Waals surface area contributed by atoms with Gasteiger partial charge in [-0.1, -0.05) is 0 Å². The molecule has 0 bridgehead atoms. The summed E-state index contributed by atoms with van der Waals surface area (Å²) in [5, 5.41) is 2.77. The Morgan fingerprint density at radius 3 is 2.50 bits per heavy atom. The SMILES string of the molecule is CCOC(=O)C(C)NC.Cl. The second-order valence-electron chi connectivity index (χ2n) is 1.76. The van der Waals surface area contributed by atoms with Gasteiger partial charge in [-0.3, -0.25) is 4.79 Å². The van der Waals surface area contributed by atoms with Crippen LogP contribution in [0.1, 0.15) is 13.8 Å². The smallest absolute Gasteiger partial charge is 0.322 e. The Labute approximate surface area is 67.5 Å². The second kappa shape index (κ2) is 6.83. The van der Waals surface area contributed by atoms with Gasteiger partial charge in [-0.2, -0.15) is 0 Å². The van der Waals surface area contributed by atoms with Gasteiger partial charge in [0.05, 0.1) is 6.61 Å². The first-order valence-electron chi connectivity index (χ1n) is 3.06. The molecule has 3 nitrogen and oxygen atoms in total. The van der Waals surface area contributed by atoms with Gasteiger partial charge in [0.15, 0.2) is 0 Å². The third kappa shape index (κ3) is 4.58. The lowest BCUT2D eigenvalue weighted by Gasteiger charge is -2.07. The summed E-state index contributed by atoms with van der Waals surface area (Å²) in [6.07, 6.45) is 0. The van der Waals surface area contributed by atoms with Gasteiger partial charge in [0.25, 0.3) is 0 Å². The van der Waals surface area contributed by atoms with Crippen LogP contribution in [0, 0.1) is 0 Å². The lowest BCUT2D eigenvalue weighted by Crippen LogP contribution is -2.32. The molecule has 0 radical (unpaired) electrons. The van der Waals surface area contributed by atoms with Crippen molar-refractivity contribution in [1.29, 1.82) is 0 Å². The maximum atomic E-state index is 10.7. The number of carbonyl (C=O) groups excluding carboxylic acids is 1. The molecule has 0 aromatic rings. The van der Waals surface area contributed by atoms with E-state index >= 15 is 0 Å². The molecule has 0 fully saturated rings. The van der Waals surface area contributed by atoms with Crippen molar-refractivity contribution in [3.05, 3.63) is 0 Å². The van der Waals surface area contributed by atoms with Crippen molar-refractivity contribution in [2.75, 3.05) is 13.7 Å². The van der Waals surface area contributed by atoms with Crippen molar-refractivity contribution < 1.29 is 9.53 Å². The largest absolute Gasteiger partial charge is 0.465 e. The summed E-state index contributed by atoms with van der Waals surface area (Å²) in [6, 6.07) is -0.190. The minimum absolute atomic E-state index is 0. The van der Waals surface area contributed by atoms with Gasteiger partial charge in [-0.15, -0.1) is 12.4 Å².